The SMILES string of the molecule is CC(C)Oc1nocc1C(=O)N[C@H](c1cn2ncc([C@H](NC(=O)CC3CC(F)(F)C3)C3CC3)cc2n1)C1CCC(F)(F)CC1. The molecule has 3 fully saturated rings. The van der Waals surface area contributed by atoms with E-state index in [0.29, 0.717) is 11.3 Å². The normalized spacial score (nSPS) is 21.5. The Balaban J connectivity index is 1.23. The van der Waals surface area contributed by atoms with Crippen LogP contribution in [-0.4, -0.2) is 49.5 Å². The number of hydrogen-bond acceptors (Lipinski definition) is 7. The number of amides is 2. The Kier molecular flexibility index (Phi) is 8.03. The Morgan fingerprint density at radius 3 is 2.41 bits per heavy atom. The molecule has 0 radical (unpaired) electrons. The number of alkyl halides is 4. The zero-order chi connectivity index (χ0) is 31.2. The fraction of sp³-hybridized carbons (Fsp3) is 0.633. The van der Waals surface area contributed by atoms with Crippen LogP contribution in [0.15, 0.2) is 29.2 Å². The number of rotatable bonds is 11. The van der Waals surface area contributed by atoms with E-state index in [9.17, 15) is 27.2 Å². The molecule has 0 unspecified atom stereocenters. The van der Waals surface area contributed by atoms with Gasteiger partial charge < -0.3 is 19.9 Å². The number of carbonyl (C=O) groups excluding carboxylic acids is 2. The lowest BCUT2D eigenvalue weighted by molar-refractivity contribution is -0.134. The van der Waals surface area contributed by atoms with Crippen LogP contribution in [0, 0.1) is 17.8 Å². The predicted molar refractivity (Wildman–Crippen MR) is 148 cm³/mol. The Hall–Kier alpha value is -3.71. The van der Waals surface area contributed by atoms with Crippen molar-refractivity contribution < 1.29 is 36.4 Å². The van der Waals surface area contributed by atoms with Crippen LogP contribution in [0.25, 0.3) is 5.65 Å². The lowest BCUT2D eigenvalue weighted by atomic mass is 9.79. The van der Waals surface area contributed by atoms with Gasteiger partial charge in [-0.3, -0.25) is 9.59 Å². The summed E-state index contributed by atoms with van der Waals surface area (Å²) < 4.78 is 66.7. The van der Waals surface area contributed by atoms with E-state index in [-0.39, 0.29) is 92.2 Å². The summed E-state index contributed by atoms with van der Waals surface area (Å²) in [5.74, 6) is -6.62. The van der Waals surface area contributed by atoms with E-state index in [1.807, 2.05) is 0 Å². The average Bonchev–Trinajstić information content (AvgIpc) is 3.52. The molecular weight excluding hydrogens is 584 g/mol. The molecule has 0 bridgehead atoms. The van der Waals surface area contributed by atoms with E-state index < -0.39 is 23.8 Å². The first-order chi connectivity index (χ1) is 20.9. The molecule has 2 amide bonds. The average molecular weight is 621 g/mol. The predicted octanol–water partition coefficient (Wildman–Crippen LogP) is 5.80. The maximum Gasteiger partial charge on any atom is 0.267 e. The first-order valence-corrected chi connectivity index (χ1v) is 15.2. The van der Waals surface area contributed by atoms with Gasteiger partial charge in [-0.15, -0.1) is 0 Å². The minimum atomic E-state index is -2.76. The number of halogens is 4. The van der Waals surface area contributed by atoms with Crippen LogP contribution < -0.4 is 15.4 Å². The molecule has 0 aromatic carbocycles. The number of nitrogens with one attached hydrogen (secondary N) is 2. The number of nitrogens with zero attached hydrogens (tertiary/aromatic N) is 4. The first-order valence-electron chi connectivity index (χ1n) is 15.2. The monoisotopic (exact) mass is 620 g/mol. The van der Waals surface area contributed by atoms with E-state index in [4.69, 9.17) is 14.2 Å². The number of hydrogen-bond donors (Lipinski definition) is 2. The molecule has 6 rings (SSSR count). The molecule has 0 spiro atoms. The number of imidazole rings is 1. The lowest BCUT2D eigenvalue weighted by Crippen LogP contribution is -2.39. The van der Waals surface area contributed by atoms with Gasteiger partial charge in [0, 0.05) is 32.1 Å². The summed E-state index contributed by atoms with van der Waals surface area (Å²) >= 11 is 0. The van der Waals surface area contributed by atoms with Crippen molar-refractivity contribution in [3.63, 3.8) is 0 Å². The van der Waals surface area contributed by atoms with E-state index >= 15 is 0 Å². The van der Waals surface area contributed by atoms with Crippen molar-refractivity contribution in [3.05, 3.63) is 41.5 Å². The van der Waals surface area contributed by atoms with Crippen molar-refractivity contribution in [3.8, 4) is 5.88 Å². The molecule has 2 atom stereocenters. The quantitative estimate of drug-likeness (QED) is 0.260. The van der Waals surface area contributed by atoms with Gasteiger partial charge in [0.25, 0.3) is 11.8 Å². The van der Waals surface area contributed by atoms with Crippen LogP contribution in [-0.2, 0) is 4.79 Å². The standard InChI is InChI=1S/C30H36F4N6O4/c1-16(2)44-28-21(15-43-39-28)27(42)38-26(19-5-7-29(31,32)8-6-19)22-14-40-23(36-22)10-20(13-35-40)25(18-3-4-18)37-24(41)9-17-11-30(33,34)12-17/h10,13-19,25-26H,3-9,11-12H2,1-2H3,(H,37,41)(H,38,42)/t25-,26+/m1/s1. The third-order valence-corrected chi connectivity index (χ3v) is 8.74. The second-order valence-electron chi connectivity index (χ2n) is 12.8. The summed E-state index contributed by atoms with van der Waals surface area (Å²) in [5.41, 5.74) is 1.74. The minimum absolute atomic E-state index is 0.0342. The summed E-state index contributed by atoms with van der Waals surface area (Å²) in [6.45, 7) is 3.57. The maximum atomic E-state index is 14.1. The van der Waals surface area contributed by atoms with Gasteiger partial charge in [-0.1, -0.05) is 0 Å². The molecule has 3 heterocycles. The van der Waals surface area contributed by atoms with Gasteiger partial charge in [0.2, 0.25) is 17.8 Å². The Bertz CT molecular complexity index is 1500. The second kappa shape index (κ2) is 11.7. The molecule has 14 heteroatoms. The minimum Gasteiger partial charge on any atom is -0.472 e. The van der Waals surface area contributed by atoms with Crippen LogP contribution >= 0.6 is 0 Å². The molecule has 238 valence electrons. The molecule has 10 nitrogen and oxygen atoms in total. The molecule has 3 aliphatic rings. The van der Waals surface area contributed by atoms with Crippen molar-refractivity contribution in [1.29, 1.82) is 0 Å². The summed E-state index contributed by atoms with van der Waals surface area (Å²) in [6.07, 6.45) is 5.37. The van der Waals surface area contributed by atoms with Crippen molar-refractivity contribution >= 4 is 17.5 Å². The van der Waals surface area contributed by atoms with Crippen molar-refractivity contribution in [2.24, 2.45) is 17.8 Å². The van der Waals surface area contributed by atoms with Crippen LogP contribution in [0.4, 0.5) is 17.6 Å². The highest BCUT2D eigenvalue weighted by Crippen LogP contribution is 2.45. The third kappa shape index (κ3) is 6.83. The van der Waals surface area contributed by atoms with Crippen molar-refractivity contribution in [2.45, 2.75) is 102 Å². The molecule has 0 aliphatic heterocycles. The summed E-state index contributed by atoms with van der Waals surface area (Å²) in [5, 5.41) is 14.2. The highest BCUT2D eigenvalue weighted by Gasteiger charge is 2.46. The van der Waals surface area contributed by atoms with E-state index in [2.05, 4.69) is 20.9 Å². The van der Waals surface area contributed by atoms with E-state index in [1.165, 1.54) is 6.26 Å². The van der Waals surface area contributed by atoms with Crippen LogP contribution in [0.1, 0.15) is 105 Å². The van der Waals surface area contributed by atoms with Gasteiger partial charge in [0.1, 0.15) is 11.8 Å². The summed E-state index contributed by atoms with van der Waals surface area (Å²) in [6, 6.07) is 0.773. The Morgan fingerprint density at radius 1 is 1.05 bits per heavy atom. The largest absolute Gasteiger partial charge is 0.472 e. The van der Waals surface area contributed by atoms with Gasteiger partial charge >= 0.3 is 0 Å². The summed E-state index contributed by atoms with van der Waals surface area (Å²) in [4.78, 5) is 30.8. The molecular formula is C30H36F4N6O4. The molecule has 3 saturated carbocycles. The first kappa shape index (κ1) is 30.3. The van der Waals surface area contributed by atoms with Crippen molar-refractivity contribution in [1.82, 2.24) is 30.4 Å². The van der Waals surface area contributed by atoms with E-state index in [1.54, 1.807) is 36.8 Å². The van der Waals surface area contributed by atoms with Crippen molar-refractivity contribution in [2.75, 3.05) is 0 Å². The van der Waals surface area contributed by atoms with Crippen LogP contribution in [0.3, 0.4) is 0 Å². The zero-order valence-electron chi connectivity index (χ0n) is 24.6. The number of carbonyl (C=O) groups is 2. The third-order valence-electron chi connectivity index (χ3n) is 8.74. The lowest BCUT2D eigenvalue weighted by Gasteiger charge is -2.34. The van der Waals surface area contributed by atoms with Gasteiger partial charge in [-0.25, -0.2) is 27.1 Å². The number of ether oxygens (including phenoxy) is 1. The topological polar surface area (TPSA) is 124 Å². The fourth-order valence-electron chi connectivity index (χ4n) is 6.29. The van der Waals surface area contributed by atoms with Gasteiger partial charge in [-0.2, -0.15) is 5.10 Å². The van der Waals surface area contributed by atoms with Gasteiger partial charge in [0.15, 0.2) is 5.65 Å². The second-order valence-corrected chi connectivity index (χ2v) is 12.8. The van der Waals surface area contributed by atoms with Crippen LogP contribution in [0.5, 0.6) is 5.88 Å². The maximum absolute atomic E-state index is 14.1. The molecule has 44 heavy (non-hydrogen) atoms. The summed E-state index contributed by atoms with van der Waals surface area (Å²) in [7, 11) is 0. The van der Waals surface area contributed by atoms with Crippen LogP contribution in [0.2, 0.25) is 0 Å². The molecule has 0 saturated heterocycles. The smallest absolute Gasteiger partial charge is 0.267 e. The number of fused-ring (bicyclic) bond motifs is 1. The van der Waals surface area contributed by atoms with E-state index in [0.717, 1.165) is 18.4 Å². The molecule has 2 N–H and O–H groups in total. The number of aromatic nitrogens is 4. The van der Waals surface area contributed by atoms with Gasteiger partial charge in [0.05, 0.1) is 36.3 Å². The fourth-order valence-corrected chi connectivity index (χ4v) is 6.29. The Labute approximate surface area is 251 Å². The van der Waals surface area contributed by atoms with Gasteiger partial charge in [-0.05, 0) is 74.1 Å². The molecule has 3 aromatic heterocycles. The highest BCUT2D eigenvalue weighted by molar-refractivity contribution is 5.96. The zero-order valence-corrected chi connectivity index (χ0v) is 24.6. The Morgan fingerprint density at radius 2 is 1.75 bits per heavy atom. The molecule has 3 aliphatic carbocycles. The molecule has 3 aromatic rings. The highest BCUT2D eigenvalue weighted by atomic mass is 19.3.